The number of amides is 1. The number of carbonyl (C=O) groups excluding carboxylic acids is 1. The van der Waals surface area contributed by atoms with Gasteiger partial charge in [-0.15, -0.1) is 10.2 Å². The Morgan fingerprint density at radius 1 is 1.25 bits per heavy atom. The van der Waals surface area contributed by atoms with Gasteiger partial charge in [0.2, 0.25) is 5.91 Å². The molecular weight excluding hydrogens is 370 g/mol. The summed E-state index contributed by atoms with van der Waals surface area (Å²) < 4.78 is 1.90. The second-order valence-electron chi connectivity index (χ2n) is 8.62. The van der Waals surface area contributed by atoms with Gasteiger partial charge in [0, 0.05) is 12.6 Å². The van der Waals surface area contributed by atoms with Gasteiger partial charge in [0.1, 0.15) is 5.54 Å². The fourth-order valence-corrected chi connectivity index (χ4v) is 3.86. The summed E-state index contributed by atoms with van der Waals surface area (Å²) in [5.74, 6) is 1.09. The molecule has 0 bridgehead atoms. The molecule has 0 radical (unpaired) electrons. The lowest BCUT2D eigenvalue weighted by Crippen LogP contribution is -2.47. The van der Waals surface area contributed by atoms with Crippen LogP contribution in [0.3, 0.4) is 0 Å². The predicted molar refractivity (Wildman–Crippen MR) is 111 cm³/mol. The minimum atomic E-state index is -0.766. The molecule has 1 amide bonds. The zero-order valence-electron chi connectivity index (χ0n) is 17.1. The molecule has 1 unspecified atom stereocenters. The summed E-state index contributed by atoms with van der Waals surface area (Å²) in [5.41, 5.74) is 1.59. The molecule has 148 valence electrons. The van der Waals surface area contributed by atoms with Crippen LogP contribution in [0.5, 0.6) is 0 Å². The summed E-state index contributed by atoms with van der Waals surface area (Å²) in [6, 6.07) is 10.6. The van der Waals surface area contributed by atoms with Crippen molar-refractivity contribution in [3.63, 3.8) is 0 Å². The molecule has 1 aliphatic carbocycles. The summed E-state index contributed by atoms with van der Waals surface area (Å²) in [6.07, 6.45) is 2.00. The number of aromatic nitrogens is 3. The van der Waals surface area contributed by atoms with E-state index in [2.05, 4.69) is 66.6 Å². The highest BCUT2D eigenvalue weighted by atomic mass is 32.2. The number of benzene rings is 1. The van der Waals surface area contributed by atoms with Crippen molar-refractivity contribution >= 4 is 17.7 Å². The van der Waals surface area contributed by atoms with Gasteiger partial charge in [0.25, 0.3) is 0 Å². The zero-order valence-corrected chi connectivity index (χ0v) is 17.9. The summed E-state index contributed by atoms with van der Waals surface area (Å²) in [4.78, 5) is 12.3. The van der Waals surface area contributed by atoms with E-state index in [0.717, 1.165) is 24.2 Å². The van der Waals surface area contributed by atoms with Crippen molar-refractivity contribution in [1.82, 2.24) is 20.1 Å². The van der Waals surface area contributed by atoms with E-state index in [0.29, 0.717) is 5.16 Å². The second-order valence-corrected chi connectivity index (χ2v) is 9.56. The molecule has 2 aromatic rings. The Labute approximate surface area is 170 Å². The van der Waals surface area contributed by atoms with Gasteiger partial charge in [-0.1, -0.05) is 56.8 Å². The summed E-state index contributed by atoms with van der Waals surface area (Å²) >= 11 is 1.33. The van der Waals surface area contributed by atoms with Crippen molar-refractivity contribution in [1.29, 1.82) is 5.26 Å². The number of nitrogens with one attached hydrogen (secondary N) is 1. The van der Waals surface area contributed by atoms with Crippen molar-refractivity contribution in [3.8, 4) is 17.5 Å². The molecule has 0 saturated heterocycles. The molecule has 1 fully saturated rings. The van der Waals surface area contributed by atoms with Crippen LogP contribution in [-0.2, 0) is 17.3 Å². The smallest absolute Gasteiger partial charge is 0.231 e. The van der Waals surface area contributed by atoms with Gasteiger partial charge in [-0.2, -0.15) is 5.26 Å². The lowest BCUT2D eigenvalue weighted by atomic mass is 9.87. The Hall–Kier alpha value is -2.33. The maximum atomic E-state index is 12.3. The molecule has 0 aliphatic heterocycles. The molecule has 1 atom stereocenters. The van der Waals surface area contributed by atoms with E-state index in [9.17, 15) is 10.1 Å². The van der Waals surface area contributed by atoms with Crippen molar-refractivity contribution in [3.05, 3.63) is 29.8 Å². The highest BCUT2D eigenvalue weighted by Crippen LogP contribution is 2.39. The van der Waals surface area contributed by atoms with Crippen molar-refractivity contribution in [2.45, 2.75) is 56.6 Å². The predicted octanol–water partition coefficient (Wildman–Crippen LogP) is 3.68. The highest BCUT2D eigenvalue weighted by molar-refractivity contribution is 7.99. The van der Waals surface area contributed by atoms with Gasteiger partial charge in [0.05, 0.1) is 11.8 Å². The van der Waals surface area contributed by atoms with Gasteiger partial charge in [-0.05, 0) is 36.7 Å². The first kappa shape index (κ1) is 20.4. The molecule has 1 aliphatic rings. The first-order valence-corrected chi connectivity index (χ1v) is 10.5. The van der Waals surface area contributed by atoms with E-state index in [1.54, 1.807) is 6.92 Å². The van der Waals surface area contributed by atoms with Crippen LogP contribution >= 0.6 is 11.8 Å². The molecule has 1 aromatic carbocycles. The van der Waals surface area contributed by atoms with Gasteiger partial charge in [0.15, 0.2) is 11.0 Å². The molecule has 0 spiro atoms. The Balaban J connectivity index is 1.65. The first-order chi connectivity index (χ1) is 13.1. The van der Waals surface area contributed by atoms with Crippen LogP contribution in [-0.4, -0.2) is 32.0 Å². The monoisotopic (exact) mass is 397 g/mol. The molecule has 28 heavy (non-hydrogen) atoms. The Morgan fingerprint density at radius 2 is 1.89 bits per heavy atom. The lowest BCUT2D eigenvalue weighted by Gasteiger charge is -2.22. The minimum Gasteiger partial charge on any atom is -0.337 e. The summed E-state index contributed by atoms with van der Waals surface area (Å²) in [5, 5.41) is 21.4. The molecule has 1 saturated carbocycles. The van der Waals surface area contributed by atoms with E-state index in [1.165, 1.54) is 17.3 Å². The normalized spacial score (nSPS) is 16.3. The van der Waals surface area contributed by atoms with E-state index in [1.807, 2.05) is 11.6 Å². The maximum Gasteiger partial charge on any atom is 0.231 e. The number of rotatable bonds is 6. The van der Waals surface area contributed by atoms with E-state index < -0.39 is 5.54 Å². The van der Waals surface area contributed by atoms with Crippen LogP contribution in [0, 0.1) is 17.2 Å². The number of nitrogens with zero attached hydrogens (tertiary/aromatic N) is 4. The average molecular weight is 398 g/mol. The van der Waals surface area contributed by atoms with Crippen LogP contribution in [0.1, 0.15) is 46.1 Å². The average Bonchev–Trinajstić information content (AvgIpc) is 3.44. The Kier molecular flexibility index (Phi) is 5.53. The van der Waals surface area contributed by atoms with E-state index in [4.69, 9.17) is 0 Å². The second kappa shape index (κ2) is 7.59. The van der Waals surface area contributed by atoms with Gasteiger partial charge in [-0.3, -0.25) is 4.79 Å². The topological polar surface area (TPSA) is 83.6 Å². The quantitative estimate of drug-likeness (QED) is 0.752. The standard InChI is InChI=1S/C21H27N5OS/c1-20(2,3)15-8-6-14(7-9-15)18-24-25-19(26(18)5)28-12-17(27)23-21(4,13-22)16-10-11-16/h6-9,16H,10-12H2,1-5H3,(H,23,27). The summed E-state index contributed by atoms with van der Waals surface area (Å²) in [6.45, 7) is 8.36. The molecule has 1 aromatic heterocycles. The molecule has 1 heterocycles. The molecular formula is C21H27N5OS. The fourth-order valence-electron chi connectivity index (χ4n) is 3.15. The van der Waals surface area contributed by atoms with Crippen molar-refractivity contribution < 1.29 is 4.79 Å². The minimum absolute atomic E-state index is 0.102. The third-order valence-electron chi connectivity index (χ3n) is 5.20. The fraction of sp³-hybridized carbons (Fsp3) is 0.524. The Bertz CT molecular complexity index is 902. The van der Waals surface area contributed by atoms with Crippen LogP contribution in [0.4, 0.5) is 0 Å². The largest absolute Gasteiger partial charge is 0.337 e. The maximum absolute atomic E-state index is 12.3. The molecule has 3 rings (SSSR count). The number of carbonyl (C=O) groups is 1. The number of nitriles is 1. The van der Waals surface area contributed by atoms with Gasteiger partial charge < -0.3 is 9.88 Å². The zero-order chi connectivity index (χ0) is 20.5. The number of hydrogen-bond acceptors (Lipinski definition) is 5. The molecule has 1 N–H and O–H groups in total. The highest BCUT2D eigenvalue weighted by Gasteiger charge is 2.42. The van der Waals surface area contributed by atoms with Gasteiger partial charge >= 0.3 is 0 Å². The molecule has 6 nitrogen and oxygen atoms in total. The number of hydrogen-bond donors (Lipinski definition) is 1. The van der Waals surface area contributed by atoms with E-state index >= 15 is 0 Å². The number of thioether (sulfide) groups is 1. The van der Waals surface area contributed by atoms with Crippen molar-refractivity contribution in [2.24, 2.45) is 13.0 Å². The SMILES string of the molecule is Cn1c(SCC(=O)NC(C)(C#N)C2CC2)nnc1-c1ccc(C(C)(C)C)cc1. The van der Waals surface area contributed by atoms with E-state index in [-0.39, 0.29) is 23.0 Å². The molecule has 7 heteroatoms. The first-order valence-electron chi connectivity index (χ1n) is 9.49. The third kappa shape index (κ3) is 4.39. The summed E-state index contributed by atoms with van der Waals surface area (Å²) in [7, 11) is 1.90. The Morgan fingerprint density at radius 3 is 2.43 bits per heavy atom. The van der Waals surface area contributed by atoms with Crippen LogP contribution in [0.2, 0.25) is 0 Å². The van der Waals surface area contributed by atoms with Crippen LogP contribution < -0.4 is 5.32 Å². The van der Waals surface area contributed by atoms with Crippen LogP contribution in [0.25, 0.3) is 11.4 Å². The van der Waals surface area contributed by atoms with Crippen molar-refractivity contribution in [2.75, 3.05) is 5.75 Å². The van der Waals surface area contributed by atoms with Gasteiger partial charge in [-0.25, -0.2) is 0 Å². The third-order valence-corrected chi connectivity index (χ3v) is 6.22. The lowest BCUT2D eigenvalue weighted by molar-refractivity contribution is -0.119. The van der Waals surface area contributed by atoms with Crippen LogP contribution in [0.15, 0.2) is 29.4 Å².